The normalized spacial score (nSPS) is 19.2. The van der Waals surface area contributed by atoms with Crippen LogP contribution < -0.4 is 15.4 Å². The standard InChI is InChI=1S/C13H18N2O2/c1-8(2)7-15-12-10(14)5-4-6-11(12)17-9(3)13(15)16/h4-6,8-9H,7,14H2,1-3H3. The Morgan fingerprint density at radius 1 is 1.47 bits per heavy atom. The van der Waals surface area contributed by atoms with E-state index in [0.717, 1.165) is 0 Å². The highest BCUT2D eigenvalue weighted by atomic mass is 16.5. The molecular formula is C13H18N2O2. The van der Waals surface area contributed by atoms with Crippen molar-refractivity contribution >= 4 is 17.3 Å². The van der Waals surface area contributed by atoms with Crippen molar-refractivity contribution in [2.45, 2.75) is 26.9 Å². The second kappa shape index (κ2) is 4.28. The summed E-state index contributed by atoms with van der Waals surface area (Å²) in [4.78, 5) is 13.9. The summed E-state index contributed by atoms with van der Waals surface area (Å²) in [5.41, 5.74) is 7.24. The van der Waals surface area contributed by atoms with E-state index < -0.39 is 6.10 Å². The molecular weight excluding hydrogens is 216 g/mol. The highest BCUT2D eigenvalue weighted by Gasteiger charge is 2.32. The van der Waals surface area contributed by atoms with Crippen molar-refractivity contribution in [3.8, 4) is 5.75 Å². The van der Waals surface area contributed by atoms with Gasteiger partial charge in [0, 0.05) is 6.54 Å². The molecule has 2 rings (SSSR count). The lowest BCUT2D eigenvalue weighted by Crippen LogP contribution is -2.46. The molecule has 1 aliphatic rings. The maximum absolute atomic E-state index is 12.1. The van der Waals surface area contributed by atoms with Crippen molar-refractivity contribution in [1.82, 2.24) is 0 Å². The Hall–Kier alpha value is -1.71. The molecule has 92 valence electrons. The average molecular weight is 234 g/mol. The summed E-state index contributed by atoms with van der Waals surface area (Å²) in [6.45, 7) is 6.58. The fourth-order valence-corrected chi connectivity index (χ4v) is 2.04. The summed E-state index contributed by atoms with van der Waals surface area (Å²) < 4.78 is 5.57. The molecule has 0 saturated heterocycles. The van der Waals surface area contributed by atoms with Gasteiger partial charge in [-0.2, -0.15) is 0 Å². The van der Waals surface area contributed by atoms with Crippen molar-refractivity contribution < 1.29 is 9.53 Å². The molecule has 0 radical (unpaired) electrons. The molecule has 0 aromatic heterocycles. The van der Waals surface area contributed by atoms with Crippen LogP contribution in [0.4, 0.5) is 11.4 Å². The summed E-state index contributed by atoms with van der Waals surface area (Å²) in [7, 11) is 0. The Labute approximate surface area is 101 Å². The molecule has 4 heteroatoms. The van der Waals surface area contributed by atoms with E-state index in [0.29, 0.717) is 29.6 Å². The number of carbonyl (C=O) groups excluding carboxylic acids is 1. The van der Waals surface area contributed by atoms with Crippen LogP contribution in [-0.4, -0.2) is 18.6 Å². The Kier molecular flexibility index (Phi) is 2.96. The van der Waals surface area contributed by atoms with Gasteiger partial charge in [0.25, 0.3) is 5.91 Å². The Bertz CT molecular complexity index is 443. The van der Waals surface area contributed by atoms with Crippen molar-refractivity contribution in [3.05, 3.63) is 18.2 Å². The van der Waals surface area contributed by atoms with Crippen LogP contribution in [0.15, 0.2) is 18.2 Å². The molecule has 0 aliphatic carbocycles. The largest absolute Gasteiger partial charge is 0.479 e. The molecule has 0 saturated carbocycles. The van der Waals surface area contributed by atoms with Gasteiger partial charge in [0.15, 0.2) is 6.10 Å². The summed E-state index contributed by atoms with van der Waals surface area (Å²) in [5.74, 6) is 1.05. The van der Waals surface area contributed by atoms with Crippen LogP contribution in [0.25, 0.3) is 0 Å². The van der Waals surface area contributed by atoms with E-state index in [4.69, 9.17) is 10.5 Å². The third-order valence-corrected chi connectivity index (χ3v) is 2.77. The minimum atomic E-state index is -0.442. The summed E-state index contributed by atoms with van der Waals surface area (Å²) in [5, 5.41) is 0. The highest BCUT2D eigenvalue weighted by molar-refractivity contribution is 6.02. The number of hydrogen-bond donors (Lipinski definition) is 1. The number of nitrogens with two attached hydrogens (primary N) is 1. The zero-order chi connectivity index (χ0) is 12.6. The Morgan fingerprint density at radius 2 is 2.18 bits per heavy atom. The van der Waals surface area contributed by atoms with Gasteiger partial charge in [-0.05, 0) is 25.0 Å². The van der Waals surface area contributed by atoms with Crippen molar-refractivity contribution in [1.29, 1.82) is 0 Å². The molecule has 1 aromatic rings. The van der Waals surface area contributed by atoms with Gasteiger partial charge in [-0.3, -0.25) is 4.79 Å². The highest BCUT2D eigenvalue weighted by Crippen LogP contribution is 2.38. The number of amides is 1. The second-order valence-corrected chi connectivity index (χ2v) is 4.80. The first kappa shape index (κ1) is 11.8. The zero-order valence-corrected chi connectivity index (χ0v) is 10.4. The van der Waals surface area contributed by atoms with E-state index in [1.54, 1.807) is 17.9 Å². The molecule has 0 spiro atoms. The second-order valence-electron chi connectivity index (χ2n) is 4.80. The van der Waals surface area contributed by atoms with Gasteiger partial charge in [-0.25, -0.2) is 0 Å². The number of benzene rings is 1. The summed E-state index contributed by atoms with van der Waals surface area (Å²) in [6.07, 6.45) is -0.442. The van der Waals surface area contributed by atoms with Crippen LogP contribution in [-0.2, 0) is 4.79 Å². The number of ether oxygens (including phenoxy) is 1. The Morgan fingerprint density at radius 3 is 2.82 bits per heavy atom. The molecule has 2 N–H and O–H groups in total. The number of hydrogen-bond acceptors (Lipinski definition) is 3. The Balaban J connectivity index is 2.47. The minimum absolute atomic E-state index is 0.0240. The van der Waals surface area contributed by atoms with Crippen molar-refractivity contribution in [3.63, 3.8) is 0 Å². The number of fused-ring (bicyclic) bond motifs is 1. The van der Waals surface area contributed by atoms with Gasteiger partial charge >= 0.3 is 0 Å². The van der Waals surface area contributed by atoms with Gasteiger partial charge in [0.1, 0.15) is 11.4 Å². The quantitative estimate of drug-likeness (QED) is 0.797. The van der Waals surface area contributed by atoms with Gasteiger partial charge in [-0.15, -0.1) is 0 Å². The molecule has 1 unspecified atom stereocenters. The number of nitrogen functional groups attached to an aromatic ring is 1. The fourth-order valence-electron chi connectivity index (χ4n) is 2.04. The summed E-state index contributed by atoms with van der Waals surface area (Å²) in [6, 6.07) is 5.48. The van der Waals surface area contributed by atoms with Crippen LogP contribution in [0, 0.1) is 5.92 Å². The summed E-state index contributed by atoms with van der Waals surface area (Å²) >= 11 is 0. The van der Waals surface area contributed by atoms with E-state index in [-0.39, 0.29) is 5.91 Å². The maximum Gasteiger partial charge on any atom is 0.267 e. The lowest BCUT2D eigenvalue weighted by Gasteiger charge is -2.34. The van der Waals surface area contributed by atoms with E-state index in [1.165, 1.54) is 0 Å². The lowest BCUT2D eigenvalue weighted by molar-refractivity contribution is -0.125. The smallest absolute Gasteiger partial charge is 0.267 e. The number of nitrogens with zero attached hydrogens (tertiary/aromatic N) is 1. The fraction of sp³-hybridized carbons (Fsp3) is 0.462. The lowest BCUT2D eigenvalue weighted by atomic mass is 10.1. The van der Waals surface area contributed by atoms with Crippen LogP contribution in [0.5, 0.6) is 5.75 Å². The molecule has 0 bridgehead atoms. The first-order valence-corrected chi connectivity index (χ1v) is 5.87. The average Bonchev–Trinajstić information content (AvgIpc) is 2.24. The van der Waals surface area contributed by atoms with Crippen molar-refractivity contribution in [2.75, 3.05) is 17.2 Å². The van der Waals surface area contributed by atoms with Crippen LogP contribution in [0.2, 0.25) is 0 Å². The minimum Gasteiger partial charge on any atom is -0.479 e. The van der Waals surface area contributed by atoms with Crippen LogP contribution in [0.3, 0.4) is 0 Å². The van der Waals surface area contributed by atoms with Gasteiger partial charge in [0.2, 0.25) is 0 Å². The molecule has 1 heterocycles. The molecule has 0 fully saturated rings. The predicted octanol–water partition coefficient (Wildman–Crippen LogP) is 2.04. The zero-order valence-electron chi connectivity index (χ0n) is 10.4. The van der Waals surface area contributed by atoms with Gasteiger partial charge in [0.05, 0.1) is 5.69 Å². The van der Waals surface area contributed by atoms with E-state index in [9.17, 15) is 4.79 Å². The van der Waals surface area contributed by atoms with Crippen LogP contribution >= 0.6 is 0 Å². The monoisotopic (exact) mass is 234 g/mol. The molecule has 1 aromatic carbocycles. The van der Waals surface area contributed by atoms with E-state index >= 15 is 0 Å². The molecule has 1 atom stereocenters. The van der Waals surface area contributed by atoms with E-state index in [1.807, 2.05) is 12.1 Å². The third-order valence-electron chi connectivity index (χ3n) is 2.77. The molecule has 1 amide bonds. The van der Waals surface area contributed by atoms with Gasteiger partial charge < -0.3 is 15.4 Å². The van der Waals surface area contributed by atoms with Crippen LogP contribution in [0.1, 0.15) is 20.8 Å². The number of para-hydroxylation sites is 1. The SMILES string of the molecule is CC(C)CN1C(=O)C(C)Oc2cccc(N)c21. The third kappa shape index (κ3) is 2.07. The molecule has 1 aliphatic heterocycles. The number of anilines is 2. The molecule has 17 heavy (non-hydrogen) atoms. The molecule has 4 nitrogen and oxygen atoms in total. The van der Waals surface area contributed by atoms with Crippen molar-refractivity contribution in [2.24, 2.45) is 5.92 Å². The van der Waals surface area contributed by atoms with Gasteiger partial charge in [-0.1, -0.05) is 19.9 Å². The van der Waals surface area contributed by atoms with E-state index in [2.05, 4.69) is 13.8 Å². The maximum atomic E-state index is 12.1. The predicted molar refractivity (Wildman–Crippen MR) is 68.1 cm³/mol. The number of rotatable bonds is 2. The topological polar surface area (TPSA) is 55.6 Å². The first-order valence-electron chi connectivity index (χ1n) is 5.87. The first-order chi connectivity index (χ1) is 8.00. The number of carbonyl (C=O) groups is 1.